The Morgan fingerprint density at radius 1 is 0.839 bits per heavy atom. The van der Waals surface area contributed by atoms with Crippen LogP contribution >= 0.6 is 0 Å². The first-order chi connectivity index (χ1) is 14.6. The van der Waals surface area contributed by atoms with Gasteiger partial charge < -0.3 is 5.11 Å². The molecule has 0 spiro atoms. The van der Waals surface area contributed by atoms with Crippen molar-refractivity contribution in [1.82, 2.24) is 0 Å². The van der Waals surface area contributed by atoms with E-state index in [4.69, 9.17) is 4.99 Å². The molecule has 0 radical (unpaired) electrons. The van der Waals surface area contributed by atoms with Crippen molar-refractivity contribution in [2.45, 2.75) is 103 Å². The summed E-state index contributed by atoms with van der Waals surface area (Å²) in [6.07, 6.45) is 11.1. The molecule has 0 aliphatic heterocycles. The smallest absolute Gasteiger partial charge is 0.128 e. The van der Waals surface area contributed by atoms with Gasteiger partial charge in [-0.25, -0.2) is 0 Å². The zero-order valence-corrected chi connectivity index (χ0v) is 20.5. The summed E-state index contributed by atoms with van der Waals surface area (Å²) in [7, 11) is 0. The molecule has 1 saturated carbocycles. The van der Waals surface area contributed by atoms with Gasteiger partial charge >= 0.3 is 0 Å². The Bertz CT molecular complexity index is 903. The molecule has 1 fully saturated rings. The number of phenolic OH excluding ortho intramolecular Hbond substituents is 1. The maximum atomic E-state index is 11.1. The minimum atomic E-state index is -0.134. The molecule has 0 bridgehead atoms. The Morgan fingerprint density at radius 3 is 2.06 bits per heavy atom. The van der Waals surface area contributed by atoms with Crippen molar-refractivity contribution in [2.75, 3.05) is 0 Å². The Balaban J connectivity index is 2.00. The van der Waals surface area contributed by atoms with Gasteiger partial charge in [-0.05, 0) is 52.8 Å². The molecule has 0 unspecified atom stereocenters. The predicted octanol–water partition coefficient (Wildman–Crippen LogP) is 8.57. The second-order valence-corrected chi connectivity index (χ2v) is 11.3. The van der Waals surface area contributed by atoms with E-state index in [1.54, 1.807) is 0 Å². The molecular formula is C29H41NO. The fourth-order valence-corrected chi connectivity index (χ4v) is 4.62. The lowest BCUT2D eigenvalue weighted by atomic mass is 9.79. The van der Waals surface area contributed by atoms with Crippen LogP contribution in [0.1, 0.15) is 115 Å². The number of rotatable bonds is 3. The number of benzene rings is 2. The van der Waals surface area contributed by atoms with Crippen molar-refractivity contribution >= 4 is 11.9 Å². The van der Waals surface area contributed by atoms with E-state index in [9.17, 15) is 5.11 Å². The van der Waals surface area contributed by atoms with E-state index in [-0.39, 0.29) is 10.8 Å². The lowest BCUT2D eigenvalue weighted by molar-refractivity contribution is 0.444. The number of hydrogen-bond donors (Lipinski definition) is 1. The molecule has 0 atom stereocenters. The summed E-state index contributed by atoms with van der Waals surface area (Å²) in [6, 6.07) is 12.9. The van der Waals surface area contributed by atoms with Crippen LogP contribution in [-0.2, 0) is 10.8 Å². The molecule has 0 saturated heterocycles. The summed E-state index contributed by atoms with van der Waals surface area (Å²) < 4.78 is 0. The molecule has 2 aromatic rings. The number of hydrogen-bond acceptors (Lipinski definition) is 2. The van der Waals surface area contributed by atoms with Crippen LogP contribution in [0.3, 0.4) is 0 Å². The minimum Gasteiger partial charge on any atom is -0.507 e. The van der Waals surface area contributed by atoms with Gasteiger partial charge in [0.25, 0.3) is 0 Å². The predicted molar refractivity (Wildman–Crippen MR) is 134 cm³/mol. The van der Waals surface area contributed by atoms with E-state index in [1.807, 2.05) is 6.21 Å². The van der Waals surface area contributed by atoms with Crippen LogP contribution in [0.5, 0.6) is 5.75 Å². The third kappa shape index (κ3) is 5.99. The highest BCUT2D eigenvalue weighted by atomic mass is 16.3. The van der Waals surface area contributed by atoms with E-state index in [2.05, 4.69) is 77.9 Å². The van der Waals surface area contributed by atoms with Gasteiger partial charge in [-0.15, -0.1) is 0 Å². The quantitative estimate of drug-likeness (QED) is 0.496. The van der Waals surface area contributed by atoms with Gasteiger partial charge in [-0.3, -0.25) is 4.99 Å². The van der Waals surface area contributed by atoms with Gasteiger partial charge in [0.05, 0.1) is 5.69 Å². The summed E-state index contributed by atoms with van der Waals surface area (Å²) in [5.41, 5.74) is 5.30. The van der Waals surface area contributed by atoms with Crippen molar-refractivity contribution in [1.29, 1.82) is 0 Å². The molecule has 31 heavy (non-hydrogen) atoms. The van der Waals surface area contributed by atoms with Gasteiger partial charge in [0.15, 0.2) is 0 Å². The van der Waals surface area contributed by atoms with Gasteiger partial charge in [-0.1, -0.05) is 97.9 Å². The molecule has 1 aliphatic rings. The zero-order valence-electron chi connectivity index (χ0n) is 20.5. The zero-order chi connectivity index (χ0) is 22.6. The monoisotopic (exact) mass is 419 g/mol. The van der Waals surface area contributed by atoms with Crippen molar-refractivity contribution in [3.05, 3.63) is 58.7 Å². The van der Waals surface area contributed by atoms with E-state index in [1.165, 1.54) is 56.1 Å². The van der Waals surface area contributed by atoms with Gasteiger partial charge in [0.1, 0.15) is 5.75 Å². The molecule has 3 rings (SSSR count). The van der Waals surface area contributed by atoms with Crippen LogP contribution in [-0.4, -0.2) is 11.3 Å². The van der Waals surface area contributed by atoms with Crippen LogP contribution in [0.25, 0.3) is 0 Å². The summed E-state index contributed by atoms with van der Waals surface area (Å²) in [5, 5.41) is 11.1. The topological polar surface area (TPSA) is 32.6 Å². The molecule has 0 aromatic heterocycles. The number of nitrogens with zero attached hydrogens (tertiary/aromatic N) is 1. The lowest BCUT2D eigenvalue weighted by Gasteiger charge is -2.27. The first-order valence-electron chi connectivity index (χ1n) is 12.1. The highest BCUT2D eigenvalue weighted by Crippen LogP contribution is 2.39. The highest BCUT2D eigenvalue weighted by Gasteiger charge is 2.24. The largest absolute Gasteiger partial charge is 0.507 e. The Hall–Kier alpha value is -2.09. The molecule has 1 N–H and O–H groups in total. The van der Waals surface area contributed by atoms with Crippen LogP contribution in [0, 0.1) is 0 Å². The molecule has 2 nitrogen and oxygen atoms in total. The maximum Gasteiger partial charge on any atom is 0.128 e. The van der Waals surface area contributed by atoms with E-state index in [0.717, 1.165) is 16.8 Å². The number of aromatic hydroxyl groups is 1. The van der Waals surface area contributed by atoms with Crippen molar-refractivity contribution in [2.24, 2.45) is 4.99 Å². The number of para-hydroxylation sites is 1. The van der Waals surface area contributed by atoms with Crippen LogP contribution in [0.4, 0.5) is 5.69 Å². The average Bonchev–Trinajstić information content (AvgIpc) is 2.65. The number of aliphatic imine (C=N–C) groups is 1. The molecule has 168 valence electrons. The average molecular weight is 420 g/mol. The molecule has 0 heterocycles. The van der Waals surface area contributed by atoms with E-state index >= 15 is 0 Å². The second-order valence-electron chi connectivity index (χ2n) is 11.3. The van der Waals surface area contributed by atoms with Crippen LogP contribution < -0.4 is 0 Å². The highest BCUT2D eigenvalue weighted by molar-refractivity contribution is 5.87. The molecule has 2 heteroatoms. The minimum absolute atomic E-state index is 0.00700. The fourth-order valence-electron chi connectivity index (χ4n) is 4.62. The SMILES string of the molecule is CC(C)(C)c1cc(C=Nc2ccccc2C2CCCCCCC2)c(O)c(C(C)(C)C)c1. The second kappa shape index (κ2) is 9.59. The normalized spacial score (nSPS) is 17.0. The molecule has 0 amide bonds. The van der Waals surface area contributed by atoms with Gasteiger partial charge in [0.2, 0.25) is 0 Å². The molecular weight excluding hydrogens is 378 g/mol. The fraction of sp³-hybridized carbons (Fsp3) is 0.552. The van der Waals surface area contributed by atoms with Crippen molar-refractivity contribution < 1.29 is 5.11 Å². The third-order valence-corrected chi connectivity index (χ3v) is 6.64. The van der Waals surface area contributed by atoms with E-state index in [0.29, 0.717) is 11.7 Å². The van der Waals surface area contributed by atoms with Crippen molar-refractivity contribution in [3.63, 3.8) is 0 Å². The van der Waals surface area contributed by atoms with Crippen molar-refractivity contribution in [3.8, 4) is 5.75 Å². The summed E-state index contributed by atoms with van der Waals surface area (Å²) >= 11 is 0. The molecule has 1 aliphatic carbocycles. The maximum absolute atomic E-state index is 11.1. The Kier molecular flexibility index (Phi) is 7.29. The first kappa shape index (κ1) is 23.6. The van der Waals surface area contributed by atoms with Gasteiger partial charge in [0, 0.05) is 17.3 Å². The lowest BCUT2D eigenvalue weighted by Crippen LogP contribution is -2.17. The third-order valence-electron chi connectivity index (χ3n) is 6.64. The standard InChI is InChI=1S/C29H41NO/c1-28(2,3)23-18-22(27(31)25(19-23)29(4,5)6)20-30-26-17-13-12-16-24(26)21-14-10-8-7-9-11-15-21/h12-13,16-21,31H,7-11,14-15H2,1-6H3. The summed E-state index contributed by atoms with van der Waals surface area (Å²) in [6.45, 7) is 13.1. The van der Waals surface area contributed by atoms with Crippen LogP contribution in [0.2, 0.25) is 0 Å². The Morgan fingerprint density at radius 2 is 1.45 bits per heavy atom. The van der Waals surface area contributed by atoms with E-state index < -0.39 is 0 Å². The number of phenols is 1. The summed E-state index contributed by atoms with van der Waals surface area (Å²) in [4.78, 5) is 4.93. The van der Waals surface area contributed by atoms with Gasteiger partial charge in [-0.2, -0.15) is 0 Å². The first-order valence-corrected chi connectivity index (χ1v) is 12.1. The summed E-state index contributed by atoms with van der Waals surface area (Å²) in [5.74, 6) is 0.945. The Labute approximate surface area is 189 Å². The molecule has 2 aromatic carbocycles. The van der Waals surface area contributed by atoms with Crippen LogP contribution in [0.15, 0.2) is 41.4 Å².